The third-order valence-electron chi connectivity index (χ3n) is 8.89. The van der Waals surface area contributed by atoms with Gasteiger partial charge in [0.1, 0.15) is 0 Å². The average Bonchev–Trinajstić information content (AvgIpc) is 2.82. The normalized spacial score (nSPS) is 27.2. The molecule has 0 unspecified atom stereocenters. The van der Waals surface area contributed by atoms with Crippen LogP contribution in [0.1, 0.15) is 70.4 Å². The number of ether oxygens (including phenoxy) is 1. The van der Waals surface area contributed by atoms with Gasteiger partial charge in [0, 0.05) is 0 Å². The van der Waals surface area contributed by atoms with Crippen LogP contribution in [0.25, 0.3) is 21.9 Å². The molecule has 0 amide bonds. The fourth-order valence-electron chi connectivity index (χ4n) is 7.79. The lowest BCUT2D eigenvalue weighted by Crippen LogP contribution is -2.49. The molecule has 4 aliphatic carbocycles. The van der Waals surface area contributed by atoms with E-state index in [1.165, 1.54) is 51.2 Å². The SMILES string of the molecule is COC(=O)c1ccc(-c2ccc3c(C)c(C(=O)O)ccc3c2)cc1C12CC3CC(CC(C3)C1)C2. The van der Waals surface area contributed by atoms with E-state index < -0.39 is 5.97 Å². The second-order valence-electron chi connectivity index (χ2n) is 10.9. The van der Waals surface area contributed by atoms with Crippen LogP contribution >= 0.6 is 0 Å². The van der Waals surface area contributed by atoms with Crippen molar-refractivity contribution in [2.45, 2.75) is 50.9 Å². The maximum absolute atomic E-state index is 12.8. The first kappa shape index (κ1) is 21.4. The molecule has 4 aliphatic rings. The van der Waals surface area contributed by atoms with Crippen molar-refractivity contribution in [3.63, 3.8) is 0 Å². The molecule has 1 N–H and O–H groups in total. The van der Waals surface area contributed by atoms with Crippen LogP contribution < -0.4 is 0 Å². The standard InChI is InChI=1S/C30H30O4/c1-17-24-6-3-21(12-23(24)5-7-25(17)28(31)32)22-4-8-26(29(33)34-2)27(13-22)30-14-18-9-19(15-30)11-20(10-18)16-30/h3-8,12-13,18-20H,9-11,14-16H2,1-2H3,(H,31,32). The van der Waals surface area contributed by atoms with Crippen molar-refractivity contribution in [3.05, 3.63) is 70.8 Å². The second kappa shape index (κ2) is 7.69. The Bertz CT molecular complexity index is 1300. The number of rotatable bonds is 4. The highest BCUT2D eigenvalue weighted by Gasteiger charge is 2.52. The van der Waals surface area contributed by atoms with E-state index in [0.717, 1.165) is 50.8 Å². The maximum atomic E-state index is 12.8. The third-order valence-corrected chi connectivity index (χ3v) is 8.89. The lowest BCUT2D eigenvalue weighted by atomic mass is 9.47. The summed E-state index contributed by atoms with van der Waals surface area (Å²) in [5, 5.41) is 11.4. The van der Waals surface area contributed by atoms with Crippen LogP contribution in [0.5, 0.6) is 0 Å². The highest BCUT2D eigenvalue weighted by atomic mass is 16.5. The van der Waals surface area contributed by atoms with E-state index in [4.69, 9.17) is 4.74 Å². The Labute approximate surface area is 199 Å². The minimum absolute atomic E-state index is 0.0815. The number of fused-ring (bicyclic) bond motifs is 1. The summed E-state index contributed by atoms with van der Waals surface area (Å²) in [5.41, 5.74) is 5.28. The number of carboxylic acid groups (broad SMARTS) is 1. The van der Waals surface area contributed by atoms with Gasteiger partial charge < -0.3 is 9.84 Å². The van der Waals surface area contributed by atoms with Gasteiger partial charge in [-0.2, -0.15) is 0 Å². The molecule has 3 aromatic rings. The summed E-state index contributed by atoms with van der Waals surface area (Å²) in [6.07, 6.45) is 7.61. The molecule has 3 aromatic carbocycles. The third kappa shape index (κ3) is 3.26. The Balaban J connectivity index is 1.47. The molecule has 0 heterocycles. The zero-order valence-corrected chi connectivity index (χ0v) is 19.8. The molecule has 0 aromatic heterocycles. The van der Waals surface area contributed by atoms with Crippen LogP contribution in [0.4, 0.5) is 0 Å². The molecule has 0 saturated heterocycles. The zero-order valence-electron chi connectivity index (χ0n) is 19.8. The zero-order chi connectivity index (χ0) is 23.6. The van der Waals surface area contributed by atoms with Gasteiger partial charge >= 0.3 is 11.9 Å². The van der Waals surface area contributed by atoms with Crippen molar-refractivity contribution in [3.8, 4) is 11.1 Å². The number of carbonyl (C=O) groups excluding carboxylic acids is 1. The fraction of sp³-hybridized carbons (Fsp3) is 0.400. The van der Waals surface area contributed by atoms with Crippen LogP contribution in [0.2, 0.25) is 0 Å². The van der Waals surface area contributed by atoms with Gasteiger partial charge in [-0.3, -0.25) is 0 Å². The fourth-order valence-corrected chi connectivity index (χ4v) is 7.79. The Morgan fingerprint density at radius 1 is 0.853 bits per heavy atom. The quantitative estimate of drug-likeness (QED) is 0.442. The highest BCUT2D eigenvalue weighted by Crippen LogP contribution is 2.61. The van der Waals surface area contributed by atoms with Crippen LogP contribution in [0, 0.1) is 24.7 Å². The van der Waals surface area contributed by atoms with Gasteiger partial charge in [-0.25, -0.2) is 9.59 Å². The van der Waals surface area contributed by atoms with Crippen LogP contribution in [0.3, 0.4) is 0 Å². The molecule has 4 bridgehead atoms. The first-order valence-corrected chi connectivity index (χ1v) is 12.4. The summed E-state index contributed by atoms with van der Waals surface area (Å²) in [6, 6.07) is 16.0. The van der Waals surface area contributed by atoms with Crippen molar-refractivity contribution in [1.82, 2.24) is 0 Å². The summed E-state index contributed by atoms with van der Waals surface area (Å²) in [5.74, 6) is 1.21. The van der Waals surface area contributed by atoms with E-state index in [0.29, 0.717) is 5.56 Å². The van der Waals surface area contributed by atoms with E-state index in [1.54, 1.807) is 6.07 Å². The monoisotopic (exact) mass is 454 g/mol. The van der Waals surface area contributed by atoms with Gasteiger partial charge in [0.15, 0.2) is 0 Å². The lowest BCUT2D eigenvalue weighted by Gasteiger charge is -2.57. The lowest BCUT2D eigenvalue weighted by molar-refractivity contribution is -0.00591. The first-order chi connectivity index (χ1) is 16.4. The van der Waals surface area contributed by atoms with E-state index in [-0.39, 0.29) is 11.4 Å². The molecule has 4 nitrogen and oxygen atoms in total. The molecular formula is C30H30O4. The van der Waals surface area contributed by atoms with E-state index in [2.05, 4.69) is 18.2 Å². The number of methoxy groups -OCH3 is 1. The first-order valence-electron chi connectivity index (χ1n) is 12.4. The van der Waals surface area contributed by atoms with Crippen molar-refractivity contribution in [1.29, 1.82) is 0 Å². The molecule has 4 heteroatoms. The van der Waals surface area contributed by atoms with Crippen LogP contribution in [-0.2, 0) is 10.2 Å². The van der Waals surface area contributed by atoms with E-state index in [1.807, 2.05) is 31.2 Å². The Kier molecular flexibility index (Phi) is 4.84. The molecule has 174 valence electrons. The summed E-state index contributed by atoms with van der Waals surface area (Å²) in [7, 11) is 1.47. The van der Waals surface area contributed by atoms with Gasteiger partial charge in [-0.05, 0) is 126 Å². The van der Waals surface area contributed by atoms with Crippen LogP contribution in [0.15, 0.2) is 48.5 Å². The smallest absolute Gasteiger partial charge is 0.338 e. The van der Waals surface area contributed by atoms with Crippen molar-refractivity contribution in [2.75, 3.05) is 7.11 Å². The molecule has 4 saturated carbocycles. The van der Waals surface area contributed by atoms with Gasteiger partial charge in [-0.1, -0.05) is 24.3 Å². The minimum atomic E-state index is -0.901. The van der Waals surface area contributed by atoms with Gasteiger partial charge in [-0.15, -0.1) is 0 Å². The maximum Gasteiger partial charge on any atom is 0.338 e. The molecule has 7 rings (SSSR count). The summed E-state index contributed by atoms with van der Waals surface area (Å²) >= 11 is 0. The number of esters is 1. The number of hydrogen-bond acceptors (Lipinski definition) is 3. The molecule has 0 radical (unpaired) electrons. The summed E-state index contributed by atoms with van der Waals surface area (Å²) in [6.45, 7) is 1.86. The van der Waals surface area contributed by atoms with E-state index >= 15 is 0 Å². The number of hydrogen-bond donors (Lipinski definition) is 1. The van der Waals surface area contributed by atoms with Gasteiger partial charge in [0.2, 0.25) is 0 Å². The molecule has 0 atom stereocenters. The molecule has 4 fully saturated rings. The summed E-state index contributed by atoms with van der Waals surface area (Å²) in [4.78, 5) is 24.3. The highest BCUT2D eigenvalue weighted by molar-refractivity contribution is 5.99. The Morgan fingerprint density at radius 3 is 2.06 bits per heavy atom. The number of benzene rings is 3. The molecule has 0 spiro atoms. The Morgan fingerprint density at radius 2 is 1.44 bits per heavy atom. The predicted octanol–water partition coefficient (Wildman–Crippen LogP) is 6.77. The van der Waals surface area contributed by atoms with Crippen molar-refractivity contribution in [2.24, 2.45) is 17.8 Å². The minimum Gasteiger partial charge on any atom is -0.478 e. The predicted molar refractivity (Wildman–Crippen MR) is 132 cm³/mol. The molecule has 34 heavy (non-hydrogen) atoms. The number of carboxylic acids is 1. The van der Waals surface area contributed by atoms with Crippen LogP contribution in [-0.4, -0.2) is 24.2 Å². The van der Waals surface area contributed by atoms with Gasteiger partial charge in [0.25, 0.3) is 0 Å². The molecular weight excluding hydrogens is 424 g/mol. The second-order valence-corrected chi connectivity index (χ2v) is 10.9. The average molecular weight is 455 g/mol. The summed E-state index contributed by atoms with van der Waals surface area (Å²) < 4.78 is 5.20. The topological polar surface area (TPSA) is 63.6 Å². The van der Waals surface area contributed by atoms with Crippen molar-refractivity contribution >= 4 is 22.7 Å². The number of carbonyl (C=O) groups is 2. The Hall–Kier alpha value is -3.14. The molecule has 0 aliphatic heterocycles. The number of aromatic carboxylic acids is 1. The van der Waals surface area contributed by atoms with E-state index in [9.17, 15) is 14.7 Å². The van der Waals surface area contributed by atoms with Gasteiger partial charge in [0.05, 0.1) is 18.2 Å². The van der Waals surface area contributed by atoms with Crippen molar-refractivity contribution < 1.29 is 19.4 Å². The largest absolute Gasteiger partial charge is 0.478 e. The number of aryl methyl sites for hydroxylation is 1.